The molecular formula is C14H15INO2S2-. The van der Waals surface area contributed by atoms with E-state index in [2.05, 4.69) is 6.58 Å². The molecule has 1 aromatic rings. The first-order valence-electron chi connectivity index (χ1n) is 5.76. The molecule has 0 aromatic heterocycles. The molecule has 0 fully saturated rings. The van der Waals surface area contributed by atoms with Crippen molar-refractivity contribution in [3.05, 3.63) is 71.4 Å². The van der Waals surface area contributed by atoms with Crippen molar-refractivity contribution in [1.82, 2.24) is 0 Å². The van der Waals surface area contributed by atoms with Gasteiger partial charge in [-0.05, 0) is 0 Å². The van der Waals surface area contributed by atoms with Crippen LogP contribution in [0.1, 0.15) is 12.5 Å². The third-order valence-corrected chi connectivity index (χ3v) is 8.28. The molecule has 1 aromatic carbocycles. The van der Waals surface area contributed by atoms with Crippen molar-refractivity contribution in [2.75, 3.05) is 0 Å². The van der Waals surface area contributed by atoms with Crippen molar-refractivity contribution >= 4 is 21.6 Å². The second kappa shape index (κ2) is 9.25. The molecule has 0 atom stereocenters. The number of allylic oxidation sites excluding steroid dienone is 2. The van der Waals surface area contributed by atoms with E-state index >= 15 is 0 Å². The Morgan fingerprint density at radius 3 is 2.70 bits per heavy atom. The van der Waals surface area contributed by atoms with Gasteiger partial charge in [0, 0.05) is 0 Å². The molecule has 0 heterocycles. The molecule has 0 N–H and O–H groups in total. The van der Waals surface area contributed by atoms with Gasteiger partial charge in [-0.2, -0.15) is 0 Å². The van der Waals surface area contributed by atoms with Crippen LogP contribution in [-0.2, 0) is 0 Å². The van der Waals surface area contributed by atoms with Crippen LogP contribution in [0.5, 0.6) is 0 Å². The van der Waals surface area contributed by atoms with Gasteiger partial charge in [0.05, 0.1) is 0 Å². The monoisotopic (exact) mass is 420 g/mol. The molecule has 3 nitrogen and oxygen atoms in total. The van der Waals surface area contributed by atoms with Gasteiger partial charge < -0.3 is 0 Å². The summed E-state index contributed by atoms with van der Waals surface area (Å²) >= 11 is -0.540. The third-order valence-electron chi connectivity index (χ3n) is 2.20. The molecule has 6 heteroatoms. The van der Waals surface area contributed by atoms with Gasteiger partial charge in [0.1, 0.15) is 0 Å². The number of benzene rings is 1. The average Bonchev–Trinajstić information content (AvgIpc) is 2.42. The first-order valence-corrected chi connectivity index (χ1v) is 10.2. The van der Waals surface area contributed by atoms with E-state index in [4.69, 9.17) is 0 Å². The topological polar surface area (TPSA) is 43.1 Å². The molecule has 0 aliphatic rings. The van der Waals surface area contributed by atoms with Crippen molar-refractivity contribution in [3.63, 3.8) is 0 Å². The van der Waals surface area contributed by atoms with Crippen molar-refractivity contribution in [1.29, 1.82) is 0 Å². The second-order valence-electron chi connectivity index (χ2n) is 3.61. The van der Waals surface area contributed by atoms with Gasteiger partial charge in [0.2, 0.25) is 0 Å². The van der Waals surface area contributed by atoms with Gasteiger partial charge in [0.15, 0.2) is 0 Å². The summed E-state index contributed by atoms with van der Waals surface area (Å²) in [6, 6.07) is 8.02. The number of rotatable bonds is 7. The SMILES string of the molecule is C=C[I-]/C(SSc1ccccc1C)=C(\C=C/C)[N+](=O)[O-]. The minimum atomic E-state index is -0.540. The zero-order valence-corrected chi connectivity index (χ0v) is 15.0. The van der Waals surface area contributed by atoms with Crippen LogP contribution in [0.25, 0.3) is 0 Å². The molecule has 0 radical (unpaired) electrons. The van der Waals surface area contributed by atoms with Gasteiger partial charge in [-0.3, -0.25) is 0 Å². The molecule has 1 rings (SSSR count). The van der Waals surface area contributed by atoms with Gasteiger partial charge in [0.25, 0.3) is 0 Å². The van der Waals surface area contributed by atoms with Gasteiger partial charge in [-0.1, -0.05) is 0 Å². The van der Waals surface area contributed by atoms with E-state index in [1.807, 2.05) is 31.2 Å². The molecule has 0 spiro atoms. The van der Waals surface area contributed by atoms with Crippen LogP contribution in [-0.4, -0.2) is 4.92 Å². The summed E-state index contributed by atoms with van der Waals surface area (Å²) in [7, 11) is 3.04. The normalized spacial score (nSPS) is 12.5. The molecule has 0 bridgehead atoms. The number of nitrogens with zero attached hydrogens (tertiary/aromatic N) is 1. The van der Waals surface area contributed by atoms with Crippen LogP contribution in [0.4, 0.5) is 0 Å². The van der Waals surface area contributed by atoms with E-state index in [0.29, 0.717) is 0 Å². The van der Waals surface area contributed by atoms with E-state index in [9.17, 15) is 10.1 Å². The van der Waals surface area contributed by atoms with E-state index in [0.717, 1.165) is 7.81 Å². The standard InChI is InChI=1S/C14H15INO2S2/c1-4-8-12(16(17)18)14(15-5-2)20-19-13-10-7-6-9-11(13)3/h4-10H,2H2,1,3H3/q-1/b8-4-,14-12-. The summed E-state index contributed by atoms with van der Waals surface area (Å²) in [5.41, 5.74) is 1.36. The van der Waals surface area contributed by atoms with Crippen LogP contribution in [0, 0.1) is 17.0 Å². The zero-order chi connectivity index (χ0) is 15.0. The molecule has 108 valence electrons. The number of hydrogen-bond acceptors (Lipinski definition) is 4. The van der Waals surface area contributed by atoms with Crippen molar-refractivity contribution in [2.24, 2.45) is 0 Å². The molecule has 0 aliphatic heterocycles. The van der Waals surface area contributed by atoms with Crippen molar-refractivity contribution in [3.8, 4) is 0 Å². The Hall–Kier alpha value is -0.730. The van der Waals surface area contributed by atoms with E-state index in [1.54, 1.807) is 34.0 Å². The Labute approximate surface area is 137 Å². The molecule has 20 heavy (non-hydrogen) atoms. The predicted octanol–water partition coefficient (Wildman–Crippen LogP) is 1.99. The van der Waals surface area contributed by atoms with E-state index < -0.39 is 21.2 Å². The molecule has 0 amide bonds. The first-order chi connectivity index (χ1) is 9.60. The van der Waals surface area contributed by atoms with E-state index in [1.165, 1.54) is 16.4 Å². The van der Waals surface area contributed by atoms with Crippen molar-refractivity contribution < 1.29 is 26.1 Å². The Morgan fingerprint density at radius 1 is 1.45 bits per heavy atom. The Kier molecular flexibility index (Phi) is 8.01. The Balaban J connectivity index is 2.97. The average molecular weight is 420 g/mol. The van der Waals surface area contributed by atoms with Crippen LogP contribution >= 0.6 is 21.6 Å². The zero-order valence-electron chi connectivity index (χ0n) is 11.2. The number of nitro groups is 1. The molecule has 0 saturated heterocycles. The molecule has 0 unspecified atom stereocenters. The molecular weight excluding hydrogens is 405 g/mol. The summed E-state index contributed by atoms with van der Waals surface area (Å²) < 4.78 is 2.61. The van der Waals surface area contributed by atoms with Crippen LogP contribution in [0.2, 0.25) is 0 Å². The summed E-state index contributed by atoms with van der Waals surface area (Å²) in [5.74, 6) is 0. The number of hydrogen-bond donors (Lipinski definition) is 0. The quantitative estimate of drug-likeness (QED) is 0.223. The van der Waals surface area contributed by atoms with Crippen LogP contribution < -0.4 is 21.2 Å². The van der Waals surface area contributed by atoms with Crippen LogP contribution in [0.15, 0.2) is 60.6 Å². The van der Waals surface area contributed by atoms with Gasteiger partial charge >= 0.3 is 138 Å². The van der Waals surface area contributed by atoms with Crippen LogP contribution in [0.3, 0.4) is 0 Å². The predicted molar refractivity (Wildman–Crippen MR) is 83.7 cm³/mol. The Bertz CT molecular complexity index is 556. The van der Waals surface area contributed by atoms with Gasteiger partial charge in [-0.15, -0.1) is 0 Å². The third kappa shape index (κ3) is 5.34. The summed E-state index contributed by atoms with van der Waals surface area (Å²) in [6.45, 7) is 7.54. The molecule has 0 aliphatic carbocycles. The fraction of sp³-hybridized carbons (Fsp3) is 0.143. The fourth-order valence-electron chi connectivity index (χ4n) is 1.27. The molecule has 0 saturated carbocycles. The Morgan fingerprint density at radius 2 is 2.15 bits per heavy atom. The summed E-state index contributed by atoms with van der Waals surface area (Å²) in [5, 5.41) is 11.1. The van der Waals surface area contributed by atoms with Gasteiger partial charge in [-0.25, -0.2) is 0 Å². The first kappa shape index (κ1) is 17.3. The van der Waals surface area contributed by atoms with Crippen molar-refractivity contribution in [2.45, 2.75) is 18.7 Å². The fourth-order valence-corrected chi connectivity index (χ4v) is 6.71. The number of aryl methyl sites for hydroxylation is 1. The summed E-state index contributed by atoms with van der Waals surface area (Å²) in [6.07, 6.45) is 3.26. The second-order valence-corrected chi connectivity index (χ2v) is 9.11. The minimum absolute atomic E-state index is 0.186. The maximum atomic E-state index is 11.1. The maximum absolute atomic E-state index is 11.1. The van der Waals surface area contributed by atoms with E-state index in [-0.39, 0.29) is 10.6 Å². The number of halogens is 1. The summed E-state index contributed by atoms with van der Waals surface area (Å²) in [4.78, 5) is 12.0.